The van der Waals surface area contributed by atoms with Crippen molar-refractivity contribution in [2.45, 2.75) is 0 Å². The molecule has 0 spiro atoms. The van der Waals surface area contributed by atoms with Gasteiger partial charge in [0, 0.05) is 20.2 Å². The summed E-state index contributed by atoms with van der Waals surface area (Å²) in [6.45, 7) is 0. The summed E-state index contributed by atoms with van der Waals surface area (Å²) in [6.07, 6.45) is 0. The van der Waals surface area contributed by atoms with Gasteiger partial charge in [0.25, 0.3) is 0 Å². The Morgan fingerprint density at radius 3 is 2.58 bits per heavy atom. The molecule has 0 aliphatic rings. The number of phenolic OH excluding ortho intramolecular Hbond substituents is 1. The summed E-state index contributed by atoms with van der Waals surface area (Å²) in [6, 6.07) is 6.18. The molecular weight excluding hydrogens is 154 g/mol. The van der Waals surface area contributed by atoms with Crippen LogP contribution in [0.15, 0.2) is 12.1 Å². The lowest BCUT2D eigenvalue weighted by Crippen LogP contribution is -2.10. The first kappa shape index (κ1) is 8.71. The molecule has 12 heavy (non-hydrogen) atoms. The van der Waals surface area contributed by atoms with Crippen molar-refractivity contribution in [3.8, 4) is 11.5 Å². The molecule has 0 aliphatic heterocycles. The van der Waals surface area contributed by atoms with Gasteiger partial charge in [0.1, 0.15) is 0 Å². The average molecular weight is 166 g/mol. The van der Waals surface area contributed by atoms with E-state index in [0.29, 0.717) is 5.75 Å². The van der Waals surface area contributed by atoms with Crippen molar-refractivity contribution in [2.75, 3.05) is 26.1 Å². The topological polar surface area (TPSA) is 32.7 Å². The Bertz CT molecular complexity index is 271. The molecule has 0 aliphatic carbocycles. The van der Waals surface area contributed by atoms with Gasteiger partial charge in [-0.1, -0.05) is 0 Å². The van der Waals surface area contributed by atoms with E-state index in [1.54, 1.807) is 12.1 Å². The number of nitrogens with zero attached hydrogens (tertiary/aromatic N) is 1. The van der Waals surface area contributed by atoms with Crippen LogP contribution in [0.5, 0.6) is 11.5 Å². The van der Waals surface area contributed by atoms with Gasteiger partial charge in [-0.2, -0.15) is 0 Å². The summed E-state index contributed by atoms with van der Waals surface area (Å²) < 4.78 is 5.01. The molecule has 1 radical (unpaired) electrons. The summed E-state index contributed by atoms with van der Waals surface area (Å²) in [5.74, 6) is 0.599. The molecule has 0 bridgehead atoms. The van der Waals surface area contributed by atoms with Gasteiger partial charge in [0.15, 0.2) is 11.5 Å². The fraction of sp³-hybridized carbons (Fsp3) is 0.333. The minimum absolute atomic E-state index is 0.139. The Balaban J connectivity index is 3.18. The van der Waals surface area contributed by atoms with Gasteiger partial charge in [0.05, 0.1) is 12.8 Å². The molecule has 0 saturated carbocycles. The monoisotopic (exact) mass is 166 g/mol. The molecule has 1 aromatic rings. The van der Waals surface area contributed by atoms with E-state index >= 15 is 0 Å². The number of benzene rings is 1. The van der Waals surface area contributed by atoms with Crippen molar-refractivity contribution in [2.24, 2.45) is 0 Å². The number of anilines is 1. The first-order valence-corrected chi connectivity index (χ1v) is 3.61. The first-order chi connectivity index (χ1) is 5.66. The summed E-state index contributed by atoms with van der Waals surface area (Å²) in [7, 11) is 5.26. The van der Waals surface area contributed by atoms with Crippen LogP contribution < -0.4 is 9.64 Å². The van der Waals surface area contributed by atoms with E-state index in [-0.39, 0.29) is 5.75 Å². The van der Waals surface area contributed by atoms with E-state index in [4.69, 9.17) is 4.74 Å². The number of hydrogen-bond donors (Lipinski definition) is 1. The molecule has 0 amide bonds. The SMILES string of the molecule is COc1c(N(C)C)[c]ccc1O. The van der Waals surface area contributed by atoms with Crippen LogP contribution in [0.2, 0.25) is 0 Å². The zero-order chi connectivity index (χ0) is 9.14. The molecule has 65 valence electrons. The summed E-state index contributed by atoms with van der Waals surface area (Å²) in [5.41, 5.74) is 0.748. The molecule has 1 aromatic carbocycles. The summed E-state index contributed by atoms with van der Waals surface area (Å²) in [5, 5.41) is 9.37. The van der Waals surface area contributed by atoms with Crippen molar-refractivity contribution in [1.29, 1.82) is 0 Å². The van der Waals surface area contributed by atoms with Crippen LogP contribution in [0.1, 0.15) is 0 Å². The summed E-state index contributed by atoms with van der Waals surface area (Å²) in [4.78, 5) is 1.83. The zero-order valence-corrected chi connectivity index (χ0v) is 7.46. The number of ether oxygens (including phenoxy) is 1. The van der Waals surface area contributed by atoms with Crippen molar-refractivity contribution in [3.63, 3.8) is 0 Å². The van der Waals surface area contributed by atoms with Crippen LogP contribution >= 0.6 is 0 Å². The molecule has 0 unspecified atom stereocenters. The molecule has 0 atom stereocenters. The number of aromatic hydroxyl groups is 1. The van der Waals surface area contributed by atoms with E-state index in [9.17, 15) is 5.11 Å². The van der Waals surface area contributed by atoms with Gasteiger partial charge >= 0.3 is 0 Å². The van der Waals surface area contributed by atoms with E-state index in [2.05, 4.69) is 6.07 Å². The fourth-order valence-electron chi connectivity index (χ4n) is 0.996. The summed E-state index contributed by atoms with van der Waals surface area (Å²) >= 11 is 0. The van der Waals surface area contributed by atoms with E-state index in [0.717, 1.165) is 5.69 Å². The predicted octanol–water partition coefficient (Wildman–Crippen LogP) is 1.27. The lowest BCUT2D eigenvalue weighted by atomic mass is 10.2. The third kappa shape index (κ3) is 1.44. The molecular formula is C9H12NO2. The van der Waals surface area contributed by atoms with Crippen LogP contribution in [0, 0.1) is 6.07 Å². The minimum Gasteiger partial charge on any atom is -0.504 e. The van der Waals surface area contributed by atoms with E-state index in [1.165, 1.54) is 7.11 Å². The molecule has 1 N–H and O–H groups in total. The molecule has 0 saturated heterocycles. The highest BCUT2D eigenvalue weighted by molar-refractivity contribution is 5.62. The Hall–Kier alpha value is -1.38. The van der Waals surface area contributed by atoms with Gasteiger partial charge in [-0.25, -0.2) is 0 Å². The first-order valence-electron chi connectivity index (χ1n) is 3.61. The lowest BCUT2D eigenvalue weighted by Gasteiger charge is -2.16. The highest BCUT2D eigenvalue weighted by Gasteiger charge is 2.08. The third-order valence-corrected chi connectivity index (χ3v) is 1.56. The Kier molecular flexibility index (Phi) is 2.43. The zero-order valence-electron chi connectivity index (χ0n) is 7.46. The van der Waals surface area contributed by atoms with Crippen LogP contribution in [0.25, 0.3) is 0 Å². The fourth-order valence-corrected chi connectivity index (χ4v) is 0.996. The predicted molar refractivity (Wildman–Crippen MR) is 47.8 cm³/mol. The van der Waals surface area contributed by atoms with Gasteiger partial charge in [0.2, 0.25) is 0 Å². The van der Waals surface area contributed by atoms with E-state index < -0.39 is 0 Å². The maximum atomic E-state index is 9.37. The number of phenols is 1. The van der Waals surface area contributed by atoms with Crippen LogP contribution in [-0.4, -0.2) is 26.3 Å². The standard InChI is InChI=1S/C9H12NO2/c1-10(2)7-5-4-6-8(11)9(7)12-3/h4,6,11H,1-3H3. The van der Waals surface area contributed by atoms with Crippen LogP contribution in [0.3, 0.4) is 0 Å². The largest absolute Gasteiger partial charge is 0.504 e. The quantitative estimate of drug-likeness (QED) is 0.718. The maximum absolute atomic E-state index is 9.37. The molecule has 3 heteroatoms. The van der Waals surface area contributed by atoms with Crippen LogP contribution in [0.4, 0.5) is 5.69 Å². The highest BCUT2D eigenvalue weighted by Crippen LogP contribution is 2.34. The van der Waals surface area contributed by atoms with Gasteiger partial charge < -0.3 is 14.7 Å². The van der Waals surface area contributed by atoms with Crippen molar-refractivity contribution < 1.29 is 9.84 Å². The molecule has 1 rings (SSSR count). The maximum Gasteiger partial charge on any atom is 0.184 e. The third-order valence-electron chi connectivity index (χ3n) is 1.56. The van der Waals surface area contributed by atoms with Crippen LogP contribution in [-0.2, 0) is 0 Å². The van der Waals surface area contributed by atoms with Gasteiger partial charge in [-0.3, -0.25) is 0 Å². The second-order valence-electron chi connectivity index (χ2n) is 2.64. The lowest BCUT2D eigenvalue weighted by molar-refractivity contribution is 0.374. The highest BCUT2D eigenvalue weighted by atomic mass is 16.5. The molecule has 0 heterocycles. The molecule has 0 aromatic heterocycles. The van der Waals surface area contributed by atoms with Crippen molar-refractivity contribution in [1.82, 2.24) is 0 Å². The molecule has 3 nitrogen and oxygen atoms in total. The number of hydrogen-bond acceptors (Lipinski definition) is 3. The van der Waals surface area contributed by atoms with Crippen molar-refractivity contribution in [3.05, 3.63) is 18.2 Å². The number of rotatable bonds is 2. The average Bonchev–Trinajstić information content (AvgIpc) is 2.03. The Morgan fingerprint density at radius 2 is 2.17 bits per heavy atom. The second-order valence-corrected chi connectivity index (χ2v) is 2.64. The normalized spacial score (nSPS) is 9.58. The number of methoxy groups -OCH3 is 1. The molecule has 0 fully saturated rings. The Labute approximate surface area is 72.2 Å². The van der Waals surface area contributed by atoms with Gasteiger partial charge in [-0.15, -0.1) is 0 Å². The second kappa shape index (κ2) is 3.34. The van der Waals surface area contributed by atoms with Gasteiger partial charge in [-0.05, 0) is 12.1 Å². The van der Waals surface area contributed by atoms with Crippen molar-refractivity contribution >= 4 is 5.69 Å². The smallest absolute Gasteiger partial charge is 0.184 e. The minimum atomic E-state index is 0.139. The Morgan fingerprint density at radius 1 is 1.50 bits per heavy atom. The van der Waals surface area contributed by atoms with E-state index in [1.807, 2.05) is 19.0 Å².